The Labute approximate surface area is 177 Å². The van der Waals surface area contributed by atoms with Gasteiger partial charge >= 0.3 is 0 Å². The number of imidazole rings is 1. The molecule has 2 aliphatic heterocycles. The SMILES string of the molecule is C\C=C/C=C(F)\C(=C\NC(O)c1ncc(C2C=CC=NC/C=C\2)[nH]1)N1CCCCC1. The van der Waals surface area contributed by atoms with Gasteiger partial charge in [0.05, 0.1) is 12.2 Å². The molecule has 2 aliphatic rings. The summed E-state index contributed by atoms with van der Waals surface area (Å²) in [6.07, 6.45) is 20.0. The Morgan fingerprint density at radius 2 is 2.17 bits per heavy atom. The molecule has 1 aromatic rings. The standard InChI is InChI=1S/C23H30FN5O/c1-2-3-11-19(24)21(29-14-5-4-6-15-29)17-27-23(30)22-26-16-20(28-22)18-9-7-12-25-13-8-10-18/h2-3,7-12,16-18,23,27,30H,4-6,13-15H2,1H3,(H,26,28)/b3-2-,9-7?,10-8-,19-11+,21-17-,25-12?. The predicted molar refractivity (Wildman–Crippen MR) is 119 cm³/mol. The molecule has 2 atom stereocenters. The molecule has 0 aromatic carbocycles. The van der Waals surface area contributed by atoms with Crippen molar-refractivity contribution in [3.8, 4) is 0 Å². The van der Waals surface area contributed by atoms with Gasteiger partial charge in [0.25, 0.3) is 0 Å². The van der Waals surface area contributed by atoms with E-state index in [1.54, 1.807) is 30.8 Å². The third-order valence-electron chi connectivity index (χ3n) is 5.05. The molecule has 7 heteroatoms. The lowest BCUT2D eigenvalue weighted by molar-refractivity contribution is 0.145. The fraction of sp³-hybridized carbons (Fsp3) is 0.391. The van der Waals surface area contributed by atoms with Crippen LogP contribution < -0.4 is 5.32 Å². The number of aliphatic hydroxyl groups excluding tert-OH is 1. The van der Waals surface area contributed by atoms with Gasteiger partial charge in [-0.25, -0.2) is 9.37 Å². The van der Waals surface area contributed by atoms with E-state index in [4.69, 9.17) is 0 Å². The lowest BCUT2D eigenvalue weighted by atomic mass is 10.0. The maximum atomic E-state index is 14.7. The molecule has 160 valence electrons. The van der Waals surface area contributed by atoms with Crippen LogP contribution in [0.25, 0.3) is 0 Å². The third-order valence-corrected chi connectivity index (χ3v) is 5.05. The molecule has 0 amide bonds. The summed E-state index contributed by atoms with van der Waals surface area (Å²) in [4.78, 5) is 13.7. The van der Waals surface area contributed by atoms with Crippen molar-refractivity contribution in [3.63, 3.8) is 0 Å². The predicted octanol–water partition coefficient (Wildman–Crippen LogP) is 4.03. The first-order chi connectivity index (χ1) is 14.7. The number of aliphatic hydroxyl groups is 1. The molecule has 3 rings (SSSR count). The first-order valence-electron chi connectivity index (χ1n) is 10.4. The van der Waals surface area contributed by atoms with E-state index >= 15 is 0 Å². The summed E-state index contributed by atoms with van der Waals surface area (Å²) in [5.41, 5.74) is 1.32. The number of piperidine rings is 1. The minimum Gasteiger partial charge on any atom is -0.368 e. The van der Waals surface area contributed by atoms with Crippen LogP contribution in [0.3, 0.4) is 0 Å². The van der Waals surface area contributed by atoms with Gasteiger partial charge in [-0.15, -0.1) is 0 Å². The maximum absolute atomic E-state index is 14.7. The number of hydrogen-bond donors (Lipinski definition) is 3. The van der Waals surface area contributed by atoms with Crippen molar-refractivity contribution in [1.82, 2.24) is 20.2 Å². The molecule has 6 nitrogen and oxygen atoms in total. The topological polar surface area (TPSA) is 76.5 Å². The molecule has 0 saturated carbocycles. The molecule has 1 aromatic heterocycles. The molecule has 3 N–H and O–H groups in total. The summed E-state index contributed by atoms with van der Waals surface area (Å²) in [5, 5.41) is 13.4. The van der Waals surface area contributed by atoms with Crippen LogP contribution in [-0.4, -0.2) is 45.8 Å². The summed E-state index contributed by atoms with van der Waals surface area (Å²) < 4.78 is 14.7. The number of likely N-dealkylation sites (tertiary alicyclic amines) is 1. The number of aromatic amines is 1. The number of allylic oxidation sites excluding steroid dienone is 7. The lowest BCUT2D eigenvalue weighted by Gasteiger charge is -2.30. The number of aromatic nitrogens is 2. The molecule has 0 spiro atoms. The van der Waals surface area contributed by atoms with Gasteiger partial charge < -0.3 is 20.3 Å². The van der Waals surface area contributed by atoms with Gasteiger partial charge in [-0.3, -0.25) is 4.99 Å². The lowest BCUT2D eigenvalue weighted by Crippen LogP contribution is -2.31. The molecule has 0 aliphatic carbocycles. The number of nitrogens with one attached hydrogen (secondary N) is 2. The highest BCUT2D eigenvalue weighted by molar-refractivity contribution is 5.71. The van der Waals surface area contributed by atoms with Gasteiger partial charge in [-0.2, -0.15) is 0 Å². The van der Waals surface area contributed by atoms with Gasteiger partial charge in [0.1, 0.15) is 5.83 Å². The summed E-state index contributed by atoms with van der Waals surface area (Å²) >= 11 is 0. The van der Waals surface area contributed by atoms with Gasteiger partial charge in [-0.1, -0.05) is 30.4 Å². The average molecular weight is 412 g/mol. The van der Waals surface area contributed by atoms with Crippen molar-refractivity contribution in [2.24, 2.45) is 4.99 Å². The van der Waals surface area contributed by atoms with E-state index < -0.39 is 6.23 Å². The second-order valence-corrected chi connectivity index (χ2v) is 7.26. The fourth-order valence-corrected chi connectivity index (χ4v) is 3.44. The average Bonchev–Trinajstić information content (AvgIpc) is 3.23. The first-order valence-corrected chi connectivity index (χ1v) is 10.4. The number of halogens is 1. The fourth-order valence-electron chi connectivity index (χ4n) is 3.44. The minimum atomic E-state index is -1.07. The number of aliphatic imine (C=N–C) groups is 1. The van der Waals surface area contributed by atoms with Crippen LogP contribution in [0, 0.1) is 0 Å². The molecule has 2 unspecified atom stereocenters. The van der Waals surface area contributed by atoms with E-state index in [0.717, 1.165) is 38.0 Å². The van der Waals surface area contributed by atoms with Gasteiger partial charge in [0, 0.05) is 43.3 Å². The molecule has 3 heterocycles. The number of nitrogens with zero attached hydrogens (tertiary/aromatic N) is 3. The molecular formula is C23H30FN5O. The van der Waals surface area contributed by atoms with Gasteiger partial charge in [0.2, 0.25) is 0 Å². The Bertz CT molecular complexity index is 859. The summed E-state index contributed by atoms with van der Waals surface area (Å²) in [7, 11) is 0. The Hall–Kier alpha value is -2.93. The van der Waals surface area contributed by atoms with E-state index in [2.05, 4.69) is 20.3 Å². The zero-order valence-corrected chi connectivity index (χ0v) is 17.3. The molecule has 1 fully saturated rings. The highest BCUT2D eigenvalue weighted by Crippen LogP contribution is 2.23. The highest BCUT2D eigenvalue weighted by atomic mass is 19.1. The second-order valence-electron chi connectivity index (χ2n) is 7.26. The van der Waals surface area contributed by atoms with Crippen molar-refractivity contribution in [1.29, 1.82) is 0 Å². The van der Waals surface area contributed by atoms with Gasteiger partial charge in [-0.05, 0) is 38.3 Å². The van der Waals surface area contributed by atoms with Crippen LogP contribution in [0.4, 0.5) is 4.39 Å². The summed E-state index contributed by atoms with van der Waals surface area (Å²) in [5.74, 6) is 0.0850. The van der Waals surface area contributed by atoms with Crippen molar-refractivity contribution < 1.29 is 9.50 Å². The van der Waals surface area contributed by atoms with Crippen LogP contribution in [-0.2, 0) is 0 Å². The van der Waals surface area contributed by atoms with Crippen LogP contribution in [0.15, 0.2) is 71.4 Å². The molecule has 0 radical (unpaired) electrons. The zero-order chi connectivity index (χ0) is 21.2. The van der Waals surface area contributed by atoms with Crippen molar-refractivity contribution in [2.45, 2.75) is 38.3 Å². The normalized spacial score (nSPS) is 22.8. The largest absolute Gasteiger partial charge is 0.368 e. The first kappa shape index (κ1) is 21.8. The number of hydrogen-bond acceptors (Lipinski definition) is 5. The van der Waals surface area contributed by atoms with Gasteiger partial charge in [0.15, 0.2) is 12.1 Å². The highest BCUT2D eigenvalue weighted by Gasteiger charge is 2.19. The van der Waals surface area contributed by atoms with E-state index in [9.17, 15) is 9.50 Å². The smallest absolute Gasteiger partial charge is 0.183 e. The molecular weight excluding hydrogens is 381 g/mol. The quantitative estimate of drug-likeness (QED) is 0.360. The second kappa shape index (κ2) is 11.3. The zero-order valence-electron chi connectivity index (χ0n) is 17.3. The van der Waals surface area contributed by atoms with Crippen LogP contribution in [0.1, 0.15) is 49.9 Å². The minimum absolute atomic E-state index is 0.0332. The van der Waals surface area contributed by atoms with Crippen molar-refractivity contribution in [3.05, 3.63) is 78.0 Å². The Morgan fingerprint density at radius 1 is 1.33 bits per heavy atom. The van der Waals surface area contributed by atoms with E-state index in [1.165, 1.54) is 6.08 Å². The molecule has 1 saturated heterocycles. The summed E-state index contributed by atoms with van der Waals surface area (Å²) in [6.45, 7) is 4.09. The van der Waals surface area contributed by atoms with Crippen LogP contribution in [0.2, 0.25) is 0 Å². The van der Waals surface area contributed by atoms with E-state index in [-0.39, 0.29) is 11.7 Å². The summed E-state index contributed by atoms with van der Waals surface area (Å²) in [6, 6.07) is 0. The number of H-pyrrole nitrogens is 1. The monoisotopic (exact) mass is 411 g/mol. The van der Waals surface area contributed by atoms with E-state index in [0.29, 0.717) is 18.1 Å². The molecule has 0 bridgehead atoms. The maximum Gasteiger partial charge on any atom is 0.183 e. The van der Waals surface area contributed by atoms with Crippen molar-refractivity contribution >= 4 is 6.21 Å². The molecule has 30 heavy (non-hydrogen) atoms. The third kappa shape index (κ3) is 6.03. The van der Waals surface area contributed by atoms with Crippen LogP contribution >= 0.6 is 0 Å². The van der Waals surface area contributed by atoms with Crippen molar-refractivity contribution in [2.75, 3.05) is 19.6 Å². The van der Waals surface area contributed by atoms with Crippen LogP contribution in [0.5, 0.6) is 0 Å². The van der Waals surface area contributed by atoms with E-state index in [1.807, 2.05) is 36.1 Å². The Morgan fingerprint density at radius 3 is 2.97 bits per heavy atom. The Balaban J connectivity index is 1.73. The Kier molecular flexibility index (Phi) is 8.20. The number of rotatable bonds is 7.